The van der Waals surface area contributed by atoms with Crippen molar-refractivity contribution in [3.05, 3.63) is 29.3 Å². The van der Waals surface area contributed by atoms with E-state index in [2.05, 4.69) is 10.6 Å². The molecular formula is C12H15ClN2O4. The Balaban J connectivity index is 2.74. The lowest BCUT2D eigenvalue weighted by Gasteiger charge is -2.25. The van der Waals surface area contributed by atoms with Gasteiger partial charge in [-0.05, 0) is 19.1 Å². The monoisotopic (exact) mass is 286 g/mol. The van der Waals surface area contributed by atoms with Crippen molar-refractivity contribution in [2.24, 2.45) is 0 Å². The molecule has 19 heavy (non-hydrogen) atoms. The Morgan fingerprint density at radius 3 is 2.58 bits per heavy atom. The smallest absolute Gasteiger partial charge is 0.331 e. The molecule has 1 aromatic carbocycles. The van der Waals surface area contributed by atoms with Crippen LogP contribution in [0.4, 0.5) is 10.5 Å². The molecule has 1 atom stereocenters. The zero-order valence-electron chi connectivity index (χ0n) is 10.6. The van der Waals surface area contributed by atoms with E-state index >= 15 is 0 Å². The zero-order chi connectivity index (χ0) is 14.5. The first-order valence-electron chi connectivity index (χ1n) is 5.45. The number of hydrogen-bond acceptors (Lipinski definition) is 3. The summed E-state index contributed by atoms with van der Waals surface area (Å²) in [5.74, 6) is -1.19. The van der Waals surface area contributed by atoms with Crippen molar-refractivity contribution in [3.63, 3.8) is 0 Å². The lowest BCUT2D eigenvalue weighted by molar-refractivity contribution is -0.145. The van der Waals surface area contributed by atoms with E-state index in [1.807, 2.05) is 0 Å². The summed E-state index contributed by atoms with van der Waals surface area (Å²) in [6, 6.07) is 5.97. The van der Waals surface area contributed by atoms with Crippen LogP contribution in [-0.2, 0) is 9.53 Å². The van der Waals surface area contributed by atoms with Gasteiger partial charge in [-0.2, -0.15) is 0 Å². The highest BCUT2D eigenvalue weighted by Crippen LogP contribution is 2.20. The van der Waals surface area contributed by atoms with Gasteiger partial charge in [-0.1, -0.05) is 23.7 Å². The summed E-state index contributed by atoms with van der Waals surface area (Å²) >= 11 is 5.88. The molecule has 1 rings (SSSR count). The number of carbonyl (C=O) groups excluding carboxylic acids is 1. The van der Waals surface area contributed by atoms with E-state index in [1.54, 1.807) is 24.3 Å². The predicted octanol–water partition coefficient (Wildman–Crippen LogP) is 1.95. The number of para-hydroxylation sites is 1. The molecule has 3 N–H and O–H groups in total. The van der Waals surface area contributed by atoms with Crippen molar-refractivity contribution < 1.29 is 19.4 Å². The maximum atomic E-state index is 11.8. The summed E-state index contributed by atoms with van der Waals surface area (Å²) in [5, 5.41) is 14.3. The number of carboxylic acid groups (broad SMARTS) is 1. The summed E-state index contributed by atoms with van der Waals surface area (Å²) in [4.78, 5) is 22.9. The molecule has 0 aliphatic heterocycles. The maximum absolute atomic E-state index is 11.8. The van der Waals surface area contributed by atoms with Gasteiger partial charge in [0.05, 0.1) is 17.3 Å². The Kier molecular flexibility index (Phi) is 5.14. The van der Waals surface area contributed by atoms with Crippen LogP contribution in [0.15, 0.2) is 24.3 Å². The summed E-state index contributed by atoms with van der Waals surface area (Å²) in [6.07, 6.45) is 0. The highest BCUT2D eigenvalue weighted by atomic mass is 35.5. The lowest BCUT2D eigenvalue weighted by atomic mass is 10.1. The molecular weight excluding hydrogens is 272 g/mol. The highest BCUT2D eigenvalue weighted by molar-refractivity contribution is 6.33. The second kappa shape index (κ2) is 6.40. The fourth-order valence-electron chi connectivity index (χ4n) is 1.41. The van der Waals surface area contributed by atoms with Gasteiger partial charge in [0.2, 0.25) is 0 Å². The molecule has 0 aromatic heterocycles. The molecule has 0 bridgehead atoms. The van der Waals surface area contributed by atoms with E-state index in [4.69, 9.17) is 21.4 Å². The van der Waals surface area contributed by atoms with E-state index in [1.165, 1.54) is 14.0 Å². The Hall–Kier alpha value is -1.79. The molecule has 7 heteroatoms. The third kappa shape index (κ3) is 4.11. The van der Waals surface area contributed by atoms with Crippen LogP contribution in [-0.4, -0.2) is 36.4 Å². The fourth-order valence-corrected chi connectivity index (χ4v) is 1.59. The van der Waals surface area contributed by atoms with Crippen LogP contribution in [0, 0.1) is 0 Å². The molecule has 6 nitrogen and oxygen atoms in total. The van der Waals surface area contributed by atoms with Gasteiger partial charge >= 0.3 is 12.0 Å². The molecule has 0 radical (unpaired) electrons. The minimum absolute atomic E-state index is 0.154. The SMILES string of the molecule is COCC(C)(NC(=O)Nc1ccccc1Cl)C(=O)O. The first kappa shape index (κ1) is 15.3. The number of aliphatic carboxylic acids is 1. The van der Waals surface area contributed by atoms with E-state index in [9.17, 15) is 9.59 Å². The van der Waals surface area contributed by atoms with Crippen LogP contribution in [0.25, 0.3) is 0 Å². The Morgan fingerprint density at radius 1 is 1.42 bits per heavy atom. The number of carbonyl (C=O) groups is 2. The maximum Gasteiger partial charge on any atom is 0.331 e. The topological polar surface area (TPSA) is 87.7 Å². The van der Waals surface area contributed by atoms with Gasteiger partial charge in [-0.25, -0.2) is 9.59 Å². The molecule has 1 unspecified atom stereocenters. The summed E-state index contributed by atoms with van der Waals surface area (Å²) in [7, 11) is 1.36. The number of amides is 2. The van der Waals surface area contributed by atoms with E-state index in [0.29, 0.717) is 10.7 Å². The van der Waals surface area contributed by atoms with Gasteiger partial charge in [0, 0.05) is 7.11 Å². The Bertz CT molecular complexity index is 481. The largest absolute Gasteiger partial charge is 0.479 e. The number of halogens is 1. The van der Waals surface area contributed by atoms with E-state index < -0.39 is 17.5 Å². The number of methoxy groups -OCH3 is 1. The molecule has 0 heterocycles. The molecule has 1 aromatic rings. The second-order valence-corrected chi connectivity index (χ2v) is 4.54. The van der Waals surface area contributed by atoms with Crippen LogP contribution >= 0.6 is 11.6 Å². The number of hydrogen-bond donors (Lipinski definition) is 3. The van der Waals surface area contributed by atoms with Crippen molar-refractivity contribution in [3.8, 4) is 0 Å². The van der Waals surface area contributed by atoms with Gasteiger partial charge in [0.1, 0.15) is 0 Å². The minimum Gasteiger partial charge on any atom is -0.479 e. The fraction of sp³-hybridized carbons (Fsp3) is 0.333. The number of anilines is 1. The molecule has 0 spiro atoms. The molecule has 2 amide bonds. The average Bonchev–Trinajstić information content (AvgIpc) is 2.32. The Morgan fingerprint density at radius 2 is 2.05 bits per heavy atom. The first-order chi connectivity index (χ1) is 8.89. The zero-order valence-corrected chi connectivity index (χ0v) is 11.3. The van der Waals surface area contributed by atoms with Crippen LogP contribution in [0.2, 0.25) is 5.02 Å². The van der Waals surface area contributed by atoms with E-state index in [0.717, 1.165) is 0 Å². The summed E-state index contributed by atoms with van der Waals surface area (Å²) in [5.41, 5.74) is -1.12. The van der Waals surface area contributed by atoms with Crippen LogP contribution < -0.4 is 10.6 Å². The number of benzene rings is 1. The quantitative estimate of drug-likeness (QED) is 0.772. The van der Waals surface area contributed by atoms with Crippen molar-refractivity contribution in [2.45, 2.75) is 12.5 Å². The minimum atomic E-state index is -1.51. The number of urea groups is 1. The average molecular weight is 287 g/mol. The normalized spacial score (nSPS) is 13.4. The van der Waals surface area contributed by atoms with Crippen molar-refractivity contribution in [1.29, 1.82) is 0 Å². The lowest BCUT2D eigenvalue weighted by Crippen LogP contribution is -2.56. The number of carboxylic acids is 1. The number of ether oxygens (including phenoxy) is 1. The molecule has 104 valence electrons. The van der Waals surface area contributed by atoms with Gasteiger partial charge in [-0.15, -0.1) is 0 Å². The third-order valence-corrected chi connectivity index (χ3v) is 2.75. The van der Waals surface area contributed by atoms with Crippen molar-refractivity contribution >= 4 is 29.3 Å². The summed E-state index contributed by atoms with van der Waals surface area (Å²) < 4.78 is 4.79. The third-order valence-electron chi connectivity index (χ3n) is 2.42. The van der Waals surface area contributed by atoms with Crippen molar-refractivity contribution in [2.75, 3.05) is 19.0 Å². The van der Waals surface area contributed by atoms with Gasteiger partial charge < -0.3 is 20.5 Å². The van der Waals surface area contributed by atoms with Gasteiger partial charge in [0.25, 0.3) is 0 Å². The molecule has 0 aliphatic carbocycles. The van der Waals surface area contributed by atoms with Crippen LogP contribution in [0.1, 0.15) is 6.92 Å². The second-order valence-electron chi connectivity index (χ2n) is 4.13. The van der Waals surface area contributed by atoms with Gasteiger partial charge in [0.15, 0.2) is 5.54 Å². The highest BCUT2D eigenvalue weighted by Gasteiger charge is 2.35. The number of rotatable bonds is 5. The molecule has 0 saturated carbocycles. The van der Waals surface area contributed by atoms with Crippen molar-refractivity contribution in [1.82, 2.24) is 5.32 Å². The number of nitrogens with one attached hydrogen (secondary N) is 2. The first-order valence-corrected chi connectivity index (χ1v) is 5.83. The predicted molar refractivity (Wildman–Crippen MR) is 71.5 cm³/mol. The molecule has 0 saturated heterocycles. The molecule has 0 fully saturated rings. The van der Waals surface area contributed by atoms with E-state index in [-0.39, 0.29) is 6.61 Å². The van der Waals surface area contributed by atoms with Crippen LogP contribution in [0.3, 0.4) is 0 Å². The standard InChI is InChI=1S/C12H15ClN2O4/c1-12(7-19-2,10(16)17)15-11(18)14-9-6-4-3-5-8(9)13/h3-6H,7H2,1-2H3,(H,16,17)(H2,14,15,18). The molecule has 0 aliphatic rings. The summed E-state index contributed by atoms with van der Waals surface area (Å²) in [6.45, 7) is 1.20. The van der Waals surface area contributed by atoms with Crippen LogP contribution in [0.5, 0.6) is 0 Å². The Labute approximate surface area is 115 Å². The van der Waals surface area contributed by atoms with Gasteiger partial charge in [-0.3, -0.25) is 0 Å².